The molecule has 1 aromatic heterocycles. The van der Waals surface area contributed by atoms with Gasteiger partial charge < -0.3 is 14.7 Å². The largest absolute Gasteiger partial charge is 0.339 e. The fourth-order valence-electron chi connectivity index (χ4n) is 1.69. The first-order valence-corrected chi connectivity index (χ1v) is 6.41. The SMILES string of the molecule is Cc1cccc(-c2noc(CCNC(=O)N(C)C)n2)c1. The maximum absolute atomic E-state index is 11.3. The molecule has 6 nitrogen and oxygen atoms in total. The lowest BCUT2D eigenvalue weighted by Gasteiger charge is -2.10. The van der Waals surface area contributed by atoms with Crippen LogP contribution in [0.25, 0.3) is 11.4 Å². The molecule has 20 heavy (non-hydrogen) atoms. The number of nitrogens with zero attached hydrogens (tertiary/aromatic N) is 3. The van der Waals surface area contributed by atoms with E-state index in [9.17, 15) is 4.79 Å². The Balaban J connectivity index is 1.94. The lowest BCUT2D eigenvalue weighted by atomic mass is 10.1. The first-order chi connectivity index (χ1) is 9.56. The van der Waals surface area contributed by atoms with Gasteiger partial charge in [-0.15, -0.1) is 0 Å². The summed E-state index contributed by atoms with van der Waals surface area (Å²) in [5, 5.41) is 6.70. The van der Waals surface area contributed by atoms with Crippen molar-refractivity contribution in [1.29, 1.82) is 0 Å². The predicted molar refractivity (Wildman–Crippen MR) is 75.3 cm³/mol. The van der Waals surface area contributed by atoms with Crippen molar-refractivity contribution in [2.24, 2.45) is 0 Å². The van der Waals surface area contributed by atoms with Crippen LogP contribution in [-0.2, 0) is 6.42 Å². The number of aromatic nitrogens is 2. The summed E-state index contributed by atoms with van der Waals surface area (Å²) < 4.78 is 5.18. The number of hydrogen-bond donors (Lipinski definition) is 1. The first kappa shape index (κ1) is 14.0. The zero-order chi connectivity index (χ0) is 14.5. The molecule has 0 saturated heterocycles. The minimum absolute atomic E-state index is 0.136. The number of hydrogen-bond acceptors (Lipinski definition) is 4. The van der Waals surface area contributed by atoms with Crippen molar-refractivity contribution in [2.75, 3.05) is 20.6 Å². The number of benzene rings is 1. The quantitative estimate of drug-likeness (QED) is 0.923. The molecule has 0 unspecified atom stereocenters. The Hall–Kier alpha value is -2.37. The molecule has 1 heterocycles. The second kappa shape index (κ2) is 6.18. The van der Waals surface area contributed by atoms with Crippen molar-refractivity contribution in [1.82, 2.24) is 20.4 Å². The Bertz CT molecular complexity index is 592. The Morgan fingerprint density at radius 1 is 1.40 bits per heavy atom. The molecule has 0 spiro atoms. The van der Waals surface area contributed by atoms with E-state index < -0.39 is 0 Å². The van der Waals surface area contributed by atoms with Crippen LogP contribution in [0.4, 0.5) is 4.79 Å². The number of urea groups is 1. The van der Waals surface area contributed by atoms with Crippen LogP contribution in [0.2, 0.25) is 0 Å². The van der Waals surface area contributed by atoms with Crippen LogP contribution >= 0.6 is 0 Å². The molecule has 0 radical (unpaired) electrons. The molecule has 0 aliphatic heterocycles. The van der Waals surface area contributed by atoms with Gasteiger partial charge in [0.1, 0.15) is 0 Å². The maximum Gasteiger partial charge on any atom is 0.316 e. The number of rotatable bonds is 4. The van der Waals surface area contributed by atoms with E-state index in [1.165, 1.54) is 4.90 Å². The molecule has 0 aliphatic rings. The van der Waals surface area contributed by atoms with Crippen molar-refractivity contribution in [3.05, 3.63) is 35.7 Å². The van der Waals surface area contributed by atoms with Crippen molar-refractivity contribution in [2.45, 2.75) is 13.3 Å². The van der Waals surface area contributed by atoms with Gasteiger partial charge in [0.2, 0.25) is 11.7 Å². The summed E-state index contributed by atoms with van der Waals surface area (Å²) in [6.07, 6.45) is 0.512. The van der Waals surface area contributed by atoms with E-state index in [0.29, 0.717) is 24.7 Å². The van der Waals surface area contributed by atoms with Gasteiger partial charge >= 0.3 is 6.03 Å². The Morgan fingerprint density at radius 3 is 2.90 bits per heavy atom. The number of nitrogens with one attached hydrogen (secondary N) is 1. The van der Waals surface area contributed by atoms with E-state index >= 15 is 0 Å². The van der Waals surface area contributed by atoms with E-state index in [2.05, 4.69) is 15.5 Å². The third kappa shape index (κ3) is 3.57. The van der Waals surface area contributed by atoms with E-state index in [4.69, 9.17) is 4.52 Å². The fraction of sp³-hybridized carbons (Fsp3) is 0.357. The average molecular weight is 274 g/mol. The third-order valence-electron chi connectivity index (χ3n) is 2.77. The molecule has 0 fully saturated rings. The summed E-state index contributed by atoms with van der Waals surface area (Å²) in [7, 11) is 3.38. The van der Waals surface area contributed by atoms with Gasteiger partial charge in [-0.2, -0.15) is 4.98 Å². The smallest absolute Gasteiger partial charge is 0.316 e. The van der Waals surface area contributed by atoms with Crippen LogP contribution in [0.5, 0.6) is 0 Å². The van der Waals surface area contributed by atoms with Crippen LogP contribution in [-0.4, -0.2) is 41.7 Å². The van der Waals surface area contributed by atoms with Crippen molar-refractivity contribution in [3.8, 4) is 11.4 Å². The molecular formula is C14H18N4O2. The second-order valence-corrected chi connectivity index (χ2v) is 4.76. The molecular weight excluding hydrogens is 256 g/mol. The lowest BCUT2D eigenvalue weighted by molar-refractivity contribution is 0.217. The molecule has 1 N–H and O–H groups in total. The number of amides is 2. The van der Waals surface area contributed by atoms with Gasteiger partial charge in [-0.25, -0.2) is 4.79 Å². The molecule has 2 aromatic rings. The summed E-state index contributed by atoms with van der Waals surface area (Å²) in [5.41, 5.74) is 2.07. The molecule has 2 rings (SSSR count). The van der Waals surface area contributed by atoms with Gasteiger partial charge in [0.25, 0.3) is 0 Å². The van der Waals surface area contributed by atoms with Gasteiger partial charge in [-0.05, 0) is 13.0 Å². The van der Waals surface area contributed by atoms with Crippen LogP contribution in [0.1, 0.15) is 11.5 Å². The lowest BCUT2D eigenvalue weighted by Crippen LogP contribution is -2.35. The topological polar surface area (TPSA) is 71.3 Å². The second-order valence-electron chi connectivity index (χ2n) is 4.76. The van der Waals surface area contributed by atoms with Gasteiger partial charge in [0, 0.05) is 32.6 Å². The summed E-state index contributed by atoms with van der Waals surface area (Å²) in [5.74, 6) is 1.09. The molecule has 6 heteroatoms. The molecule has 106 valence electrons. The summed E-state index contributed by atoms with van der Waals surface area (Å²) in [4.78, 5) is 17.1. The molecule has 0 bridgehead atoms. The van der Waals surface area contributed by atoms with Gasteiger partial charge in [-0.3, -0.25) is 0 Å². The highest BCUT2D eigenvalue weighted by molar-refractivity contribution is 5.73. The predicted octanol–water partition coefficient (Wildman–Crippen LogP) is 1.86. The van der Waals surface area contributed by atoms with E-state index in [1.807, 2.05) is 31.2 Å². The number of carbonyl (C=O) groups excluding carboxylic acids is 1. The number of carbonyl (C=O) groups is 1. The minimum Gasteiger partial charge on any atom is -0.339 e. The summed E-state index contributed by atoms with van der Waals surface area (Å²) in [6.45, 7) is 2.48. The molecule has 2 amide bonds. The van der Waals surface area contributed by atoms with Gasteiger partial charge in [0.15, 0.2) is 0 Å². The van der Waals surface area contributed by atoms with Crippen LogP contribution in [0.3, 0.4) is 0 Å². The van der Waals surface area contributed by atoms with Crippen molar-refractivity contribution < 1.29 is 9.32 Å². The van der Waals surface area contributed by atoms with E-state index in [1.54, 1.807) is 14.1 Å². The van der Waals surface area contributed by atoms with E-state index in [-0.39, 0.29) is 6.03 Å². The Kier molecular flexibility index (Phi) is 4.34. The standard InChI is InChI=1S/C14H18N4O2/c1-10-5-4-6-11(9-10)13-16-12(20-17-13)7-8-15-14(19)18(2)3/h4-6,9H,7-8H2,1-3H3,(H,15,19). The van der Waals surface area contributed by atoms with E-state index in [0.717, 1.165) is 11.1 Å². The highest BCUT2D eigenvalue weighted by atomic mass is 16.5. The normalized spacial score (nSPS) is 10.3. The highest BCUT2D eigenvalue weighted by Gasteiger charge is 2.09. The monoisotopic (exact) mass is 274 g/mol. The zero-order valence-corrected chi connectivity index (χ0v) is 11.9. The summed E-state index contributed by atoms with van der Waals surface area (Å²) >= 11 is 0. The van der Waals surface area contributed by atoms with Crippen molar-refractivity contribution >= 4 is 6.03 Å². The molecule has 0 atom stereocenters. The Morgan fingerprint density at radius 2 is 2.20 bits per heavy atom. The molecule has 0 aliphatic carbocycles. The maximum atomic E-state index is 11.3. The Labute approximate surface area is 117 Å². The third-order valence-corrected chi connectivity index (χ3v) is 2.77. The van der Waals surface area contributed by atoms with Crippen LogP contribution in [0, 0.1) is 6.92 Å². The fourth-order valence-corrected chi connectivity index (χ4v) is 1.69. The minimum atomic E-state index is -0.136. The number of aryl methyl sites for hydroxylation is 1. The first-order valence-electron chi connectivity index (χ1n) is 6.41. The van der Waals surface area contributed by atoms with Crippen LogP contribution in [0.15, 0.2) is 28.8 Å². The van der Waals surface area contributed by atoms with Crippen molar-refractivity contribution in [3.63, 3.8) is 0 Å². The van der Waals surface area contributed by atoms with Gasteiger partial charge in [0.05, 0.1) is 0 Å². The summed E-state index contributed by atoms with van der Waals surface area (Å²) in [6, 6.07) is 7.78. The van der Waals surface area contributed by atoms with Gasteiger partial charge in [-0.1, -0.05) is 28.9 Å². The molecule has 0 saturated carbocycles. The van der Waals surface area contributed by atoms with Crippen LogP contribution < -0.4 is 5.32 Å². The zero-order valence-electron chi connectivity index (χ0n) is 11.9. The molecule has 1 aromatic carbocycles. The average Bonchev–Trinajstić information content (AvgIpc) is 2.87. The highest BCUT2D eigenvalue weighted by Crippen LogP contribution is 2.16.